The minimum absolute atomic E-state index is 0.218. The minimum Gasteiger partial charge on any atom is -0.383 e. The molecule has 1 aliphatic rings. The molecule has 0 saturated heterocycles. The van der Waals surface area contributed by atoms with E-state index in [1.54, 1.807) is 0 Å². The standard InChI is InChI=1S/C22H22N2O2/c1-16-7-9-18(10-8-16)24-20(17-5-3-2-4-6-17)15-21(23-24)22(26)13-11-19(25)12-14-22/h2-10,15,26H,11-14H2,1H3. The van der Waals surface area contributed by atoms with Crippen LogP contribution in [0.2, 0.25) is 0 Å². The molecule has 0 bridgehead atoms. The second-order valence-corrected chi connectivity index (χ2v) is 7.10. The molecular weight excluding hydrogens is 324 g/mol. The van der Waals surface area contributed by atoms with E-state index in [0.29, 0.717) is 31.4 Å². The highest BCUT2D eigenvalue weighted by atomic mass is 16.3. The Kier molecular flexibility index (Phi) is 4.21. The molecule has 0 aliphatic heterocycles. The average molecular weight is 346 g/mol. The minimum atomic E-state index is -1.03. The van der Waals surface area contributed by atoms with Gasteiger partial charge < -0.3 is 5.11 Å². The fourth-order valence-corrected chi connectivity index (χ4v) is 3.50. The molecule has 1 N–H and O–H groups in total. The summed E-state index contributed by atoms with van der Waals surface area (Å²) in [6.07, 6.45) is 1.69. The van der Waals surface area contributed by atoms with Gasteiger partial charge in [0.1, 0.15) is 11.4 Å². The molecule has 3 aromatic rings. The molecule has 0 atom stereocenters. The second-order valence-electron chi connectivity index (χ2n) is 7.10. The van der Waals surface area contributed by atoms with Crippen LogP contribution in [0.25, 0.3) is 16.9 Å². The Hall–Kier alpha value is -2.72. The highest BCUT2D eigenvalue weighted by Crippen LogP contribution is 2.37. The van der Waals surface area contributed by atoms with Gasteiger partial charge in [-0.3, -0.25) is 4.79 Å². The Morgan fingerprint density at radius 3 is 2.31 bits per heavy atom. The van der Waals surface area contributed by atoms with Crippen molar-refractivity contribution in [1.82, 2.24) is 9.78 Å². The normalized spacial score (nSPS) is 16.6. The Balaban J connectivity index is 1.83. The number of hydrogen-bond acceptors (Lipinski definition) is 3. The van der Waals surface area contributed by atoms with E-state index in [-0.39, 0.29) is 5.78 Å². The number of ketones is 1. The summed E-state index contributed by atoms with van der Waals surface area (Å²) in [5.74, 6) is 0.218. The number of benzene rings is 2. The van der Waals surface area contributed by atoms with Crippen LogP contribution in [0.3, 0.4) is 0 Å². The van der Waals surface area contributed by atoms with Gasteiger partial charge in [0, 0.05) is 18.4 Å². The van der Waals surface area contributed by atoms with E-state index in [1.807, 2.05) is 53.2 Å². The third-order valence-electron chi connectivity index (χ3n) is 5.17. The Bertz CT molecular complexity index is 917. The summed E-state index contributed by atoms with van der Waals surface area (Å²) in [7, 11) is 0. The maximum Gasteiger partial charge on any atom is 0.133 e. The Morgan fingerprint density at radius 1 is 1.00 bits per heavy atom. The molecule has 4 rings (SSSR count). The topological polar surface area (TPSA) is 55.1 Å². The van der Waals surface area contributed by atoms with Gasteiger partial charge in [-0.15, -0.1) is 0 Å². The van der Waals surface area contributed by atoms with Crippen LogP contribution in [-0.4, -0.2) is 20.7 Å². The lowest BCUT2D eigenvalue weighted by Crippen LogP contribution is -2.32. The van der Waals surface area contributed by atoms with Crippen LogP contribution < -0.4 is 0 Å². The van der Waals surface area contributed by atoms with Crippen molar-refractivity contribution in [1.29, 1.82) is 0 Å². The van der Waals surface area contributed by atoms with Gasteiger partial charge in [0.2, 0.25) is 0 Å². The van der Waals surface area contributed by atoms with Gasteiger partial charge in [-0.1, -0.05) is 48.0 Å². The maximum absolute atomic E-state index is 11.6. The van der Waals surface area contributed by atoms with Crippen LogP contribution in [0.1, 0.15) is 36.9 Å². The van der Waals surface area contributed by atoms with Gasteiger partial charge in [0.15, 0.2) is 0 Å². The lowest BCUT2D eigenvalue weighted by Gasteiger charge is -2.29. The third-order valence-corrected chi connectivity index (χ3v) is 5.17. The maximum atomic E-state index is 11.6. The van der Waals surface area contributed by atoms with E-state index in [9.17, 15) is 9.90 Å². The highest BCUT2D eigenvalue weighted by Gasteiger charge is 2.37. The zero-order valence-electron chi connectivity index (χ0n) is 14.9. The fourth-order valence-electron chi connectivity index (χ4n) is 3.50. The number of hydrogen-bond donors (Lipinski definition) is 1. The molecule has 132 valence electrons. The predicted molar refractivity (Wildman–Crippen MR) is 101 cm³/mol. The molecule has 26 heavy (non-hydrogen) atoms. The molecule has 0 unspecified atom stereocenters. The average Bonchev–Trinajstić information content (AvgIpc) is 3.12. The number of aliphatic hydroxyl groups is 1. The van der Waals surface area contributed by atoms with Gasteiger partial charge in [0.05, 0.1) is 17.1 Å². The van der Waals surface area contributed by atoms with Gasteiger partial charge >= 0.3 is 0 Å². The number of carbonyl (C=O) groups excluding carboxylic acids is 1. The smallest absolute Gasteiger partial charge is 0.133 e. The molecule has 0 spiro atoms. The number of aromatic nitrogens is 2. The summed E-state index contributed by atoms with van der Waals surface area (Å²) < 4.78 is 1.89. The van der Waals surface area contributed by atoms with Crippen LogP contribution in [0.15, 0.2) is 60.7 Å². The molecule has 1 aromatic heterocycles. The summed E-state index contributed by atoms with van der Waals surface area (Å²) in [6.45, 7) is 2.05. The van der Waals surface area contributed by atoms with Gasteiger partial charge in [-0.2, -0.15) is 5.10 Å². The highest BCUT2D eigenvalue weighted by molar-refractivity contribution is 5.79. The molecule has 1 aliphatic carbocycles. The van der Waals surface area contributed by atoms with Crippen molar-refractivity contribution in [2.45, 2.75) is 38.2 Å². The molecule has 0 radical (unpaired) electrons. The fraction of sp³-hybridized carbons (Fsp3) is 0.273. The van der Waals surface area contributed by atoms with Crippen LogP contribution in [0, 0.1) is 6.92 Å². The van der Waals surface area contributed by atoms with E-state index in [2.05, 4.69) is 19.1 Å². The summed E-state index contributed by atoms with van der Waals surface area (Å²) in [5, 5.41) is 15.9. The predicted octanol–water partition coefficient (Wildman–Crippen LogP) is 4.18. The molecule has 0 amide bonds. The number of rotatable bonds is 3. The Morgan fingerprint density at radius 2 is 1.65 bits per heavy atom. The number of carbonyl (C=O) groups is 1. The van der Waals surface area contributed by atoms with Crippen molar-refractivity contribution >= 4 is 5.78 Å². The van der Waals surface area contributed by atoms with Crippen molar-refractivity contribution < 1.29 is 9.90 Å². The second kappa shape index (κ2) is 6.54. The number of Topliss-reactive ketones (excluding diaryl/α,β-unsaturated/α-hetero) is 1. The van der Waals surface area contributed by atoms with Crippen molar-refractivity contribution in [3.05, 3.63) is 71.9 Å². The monoisotopic (exact) mass is 346 g/mol. The summed E-state index contributed by atoms with van der Waals surface area (Å²) in [6, 6.07) is 20.2. The van der Waals surface area contributed by atoms with Crippen LogP contribution in [-0.2, 0) is 10.4 Å². The van der Waals surface area contributed by atoms with Gasteiger partial charge in [-0.05, 0) is 38.0 Å². The first-order valence-electron chi connectivity index (χ1n) is 9.02. The summed E-state index contributed by atoms with van der Waals surface area (Å²) in [4.78, 5) is 11.6. The van der Waals surface area contributed by atoms with E-state index < -0.39 is 5.60 Å². The Labute approximate surface area is 153 Å². The molecule has 2 aromatic carbocycles. The molecule has 4 heteroatoms. The van der Waals surface area contributed by atoms with Crippen molar-refractivity contribution in [3.8, 4) is 16.9 Å². The van der Waals surface area contributed by atoms with Gasteiger partial charge in [-0.25, -0.2) is 4.68 Å². The first-order chi connectivity index (χ1) is 12.5. The number of nitrogens with zero attached hydrogens (tertiary/aromatic N) is 2. The number of aryl methyl sites for hydroxylation is 1. The molecule has 1 fully saturated rings. The first-order valence-corrected chi connectivity index (χ1v) is 9.02. The summed E-state index contributed by atoms with van der Waals surface area (Å²) in [5.41, 5.74) is 3.73. The van der Waals surface area contributed by atoms with Crippen molar-refractivity contribution in [3.63, 3.8) is 0 Å². The molecule has 1 heterocycles. The van der Waals surface area contributed by atoms with Crippen molar-refractivity contribution in [2.75, 3.05) is 0 Å². The van der Waals surface area contributed by atoms with E-state index >= 15 is 0 Å². The van der Waals surface area contributed by atoms with Gasteiger partial charge in [0.25, 0.3) is 0 Å². The van der Waals surface area contributed by atoms with E-state index in [0.717, 1.165) is 16.9 Å². The first kappa shape index (κ1) is 16.7. The lowest BCUT2D eigenvalue weighted by atomic mass is 9.82. The quantitative estimate of drug-likeness (QED) is 0.774. The van der Waals surface area contributed by atoms with Crippen LogP contribution in [0.4, 0.5) is 0 Å². The third kappa shape index (κ3) is 3.08. The van der Waals surface area contributed by atoms with Crippen LogP contribution >= 0.6 is 0 Å². The SMILES string of the molecule is Cc1ccc(-n2nc(C3(O)CCC(=O)CC3)cc2-c2ccccc2)cc1. The molecular formula is C22H22N2O2. The van der Waals surface area contributed by atoms with E-state index in [4.69, 9.17) is 5.10 Å². The molecule has 4 nitrogen and oxygen atoms in total. The zero-order valence-corrected chi connectivity index (χ0v) is 14.9. The summed E-state index contributed by atoms with van der Waals surface area (Å²) >= 11 is 0. The lowest BCUT2D eigenvalue weighted by molar-refractivity contribution is -0.125. The van der Waals surface area contributed by atoms with E-state index in [1.165, 1.54) is 5.56 Å². The van der Waals surface area contributed by atoms with Crippen LogP contribution in [0.5, 0.6) is 0 Å². The largest absolute Gasteiger partial charge is 0.383 e. The molecule has 1 saturated carbocycles. The zero-order chi connectivity index (χ0) is 18.1. The van der Waals surface area contributed by atoms with Crippen molar-refractivity contribution in [2.24, 2.45) is 0 Å².